The second kappa shape index (κ2) is 24.8. The van der Waals surface area contributed by atoms with Crippen LogP contribution in [0.1, 0.15) is 27.2 Å². The van der Waals surface area contributed by atoms with Gasteiger partial charge >= 0.3 is 17.9 Å². The lowest BCUT2D eigenvalue weighted by Gasteiger charge is -2.38. The Hall–Kier alpha value is -5.38. The van der Waals surface area contributed by atoms with Gasteiger partial charge in [0.25, 0.3) is 0 Å². The molecule has 0 saturated heterocycles. The molecular weight excluding hydrogens is 714 g/mol. The molecule has 54 heavy (non-hydrogen) atoms. The lowest BCUT2D eigenvalue weighted by Crippen LogP contribution is -2.61. The maximum Gasteiger partial charge on any atom is 0.333 e. The quantitative estimate of drug-likeness (QED) is 0.0223. The van der Waals surface area contributed by atoms with Crippen molar-refractivity contribution in [2.45, 2.75) is 33.0 Å². The van der Waals surface area contributed by atoms with Crippen LogP contribution in [0.4, 0.5) is 0 Å². The Labute approximate surface area is 314 Å². The van der Waals surface area contributed by atoms with Gasteiger partial charge < -0.3 is 54.2 Å². The Bertz CT molecular complexity index is 1360. The fourth-order valence-electron chi connectivity index (χ4n) is 3.77. The Morgan fingerprint density at radius 3 is 1.33 bits per heavy atom. The average Bonchev–Trinajstić information content (AvgIpc) is 3.13. The third kappa shape index (κ3) is 17.9. The van der Waals surface area contributed by atoms with Crippen LogP contribution in [0.2, 0.25) is 0 Å². The Balaban J connectivity index is 3.55. The molecule has 0 radical (unpaired) electrons. The molecule has 5 N–H and O–H groups in total. The van der Waals surface area contributed by atoms with Gasteiger partial charge in [0.15, 0.2) is 0 Å². The molecule has 0 spiro atoms. The van der Waals surface area contributed by atoms with Crippen LogP contribution in [-0.4, -0.2) is 157 Å². The molecule has 0 saturated carbocycles. The summed E-state index contributed by atoms with van der Waals surface area (Å²) in [4.78, 5) is 85.8. The van der Waals surface area contributed by atoms with Crippen LogP contribution in [0.15, 0.2) is 46.4 Å². The number of guanidine groups is 2. The summed E-state index contributed by atoms with van der Waals surface area (Å²) < 4.78 is 32.3. The minimum atomic E-state index is -1.83. The van der Waals surface area contributed by atoms with Gasteiger partial charge in [-0.1, -0.05) is 19.7 Å². The zero-order valence-electron chi connectivity index (χ0n) is 31.8. The number of rotatable bonds is 25. The summed E-state index contributed by atoms with van der Waals surface area (Å²) in [5.74, 6) is -5.11. The van der Waals surface area contributed by atoms with E-state index in [1.165, 1.54) is 51.7 Å². The van der Waals surface area contributed by atoms with E-state index in [9.17, 15) is 28.8 Å². The lowest BCUT2D eigenvalue weighted by atomic mass is 10.2. The number of nitrogens with zero attached hydrogens (tertiary/aromatic N) is 4. The van der Waals surface area contributed by atoms with Crippen molar-refractivity contribution in [3.05, 3.63) is 36.5 Å². The van der Waals surface area contributed by atoms with Crippen molar-refractivity contribution in [1.82, 2.24) is 36.4 Å². The number of esters is 3. The summed E-state index contributed by atoms with van der Waals surface area (Å²) in [6.45, 7) is 13.1. The first-order chi connectivity index (χ1) is 25.6. The normalized spacial score (nSPS) is 12.8. The Kier molecular flexibility index (Phi) is 21.4. The topological polar surface area (TPSA) is 249 Å². The van der Waals surface area contributed by atoms with E-state index in [-0.39, 0.29) is 102 Å². The number of hydrogen-bond acceptors (Lipinski definition) is 18. The summed E-state index contributed by atoms with van der Waals surface area (Å²) in [7, 11) is 4.28. The molecule has 1 aliphatic heterocycles. The summed E-state index contributed by atoms with van der Waals surface area (Å²) in [6, 6.07) is 0. The number of nitrogens with one attached hydrogen (secondary N) is 5. The molecule has 0 fully saturated rings. The number of hydrogen-bond donors (Lipinski definition) is 5. The minimum Gasteiger partial charge on any atom is -0.460 e. The molecule has 0 aromatic carbocycles. The fraction of sp³-hybridized carbons (Fsp3) is 0.576. The van der Waals surface area contributed by atoms with Gasteiger partial charge in [0.2, 0.25) is 35.4 Å². The average molecular weight is 768 g/mol. The first kappa shape index (κ1) is 46.6. The van der Waals surface area contributed by atoms with Crippen LogP contribution < -0.4 is 26.6 Å². The molecule has 1 aliphatic rings. The molecule has 0 unspecified atom stereocenters. The van der Waals surface area contributed by atoms with Gasteiger partial charge in [0.05, 0.1) is 33.0 Å². The van der Waals surface area contributed by atoms with Gasteiger partial charge in [-0.3, -0.25) is 25.0 Å². The molecule has 21 heteroatoms. The van der Waals surface area contributed by atoms with Crippen molar-refractivity contribution in [2.75, 3.05) is 94.1 Å². The van der Waals surface area contributed by atoms with Gasteiger partial charge in [-0.05, 0) is 20.8 Å². The third-order valence-electron chi connectivity index (χ3n) is 6.70. The molecule has 3 amide bonds. The number of carbonyl (C=O) groups excluding carboxylic acids is 6. The first-order valence-electron chi connectivity index (χ1n) is 16.6. The molecule has 0 aromatic heterocycles. The number of ether oxygens (including phenoxy) is 6. The predicted octanol–water partition coefficient (Wildman–Crippen LogP) is -1.94. The van der Waals surface area contributed by atoms with E-state index in [0.29, 0.717) is 0 Å². The minimum absolute atomic E-state index is 0.0355. The fourth-order valence-corrected chi connectivity index (χ4v) is 3.77. The largest absolute Gasteiger partial charge is 0.460 e. The van der Waals surface area contributed by atoms with Crippen molar-refractivity contribution in [2.24, 2.45) is 9.98 Å². The molecular formula is C33H53N9O12. The molecule has 302 valence electrons. The highest BCUT2D eigenvalue weighted by Crippen LogP contribution is 2.20. The number of amides is 3. The van der Waals surface area contributed by atoms with Crippen LogP contribution in [-0.2, 0) is 57.2 Å². The van der Waals surface area contributed by atoms with E-state index in [2.05, 4.69) is 46.3 Å². The van der Waals surface area contributed by atoms with Crippen molar-refractivity contribution < 1.29 is 57.2 Å². The Morgan fingerprint density at radius 2 is 0.981 bits per heavy atom. The summed E-state index contributed by atoms with van der Waals surface area (Å²) >= 11 is 0. The third-order valence-corrected chi connectivity index (χ3v) is 6.70. The molecule has 0 atom stereocenters. The standard InChI is InChI=1S/C33H53N9O12/c1-22(2)28(46)52-13-10-49-19-37-33(16-25(43)34-7)39-31(41(17-26(44)35-8)20-50-11-14-53-29(47)23(3)4)38-32(40-33)42(18-27(45)36-9)21-51-12-15-54-30(48)24(5)6/h37H,1,3,5,10-21H2,2,4,6-9H3,(H,34,43)(H,35,44)(H,36,45)(H,38,39,40). The second-order valence-electron chi connectivity index (χ2n) is 11.5. The van der Waals surface area contributed by atoms with E-state index in [0.717, 1.165) is 0 Å². The van der Waals surface area contributed by atoms with Crippen molar-refractivity contribution in [1.29, 1.82) is 0 Å². The maximum absolute atomic E-state index is 12.9. The smallest absolute Gasteiger partial charge is 0.333 e. The summed E-state index contributed by atoms with van der Waals surface area (Å²) in [5.41, 5.74) is 0.630. The number of likely N-dealkylation sites (N-methyl/N-ethyl adjacent to an activating group) is 2. The Morgan fingerprint density at radius 1 is 0.611 bits per heavy atom. The molecule has 1 rings (SSSR count). The van der Waals surface area contributed by atoms with Crippen LogP contribution in [0, 0.1) is 0 Å². The highest BCUT2D eigenvalue weighted by Gasteiger charge is 2.39. The van der Waals surface area contributed by atoms with Crippen LogP contribution >= 0.6 is 0 Å². The molecule has 0 aliphatic carbocycles. The first-order valence-corrected chi connectivity index (χ1v) is 16.6. The zero-order chi connectivity index (χ0) is 40.7. The molecule has 21 nitrogen and oxygen atoms in total. The van der Waals surface area contributed by atoms with Crippen LogP contribution in [0.25, 0.3) is 0 Å². The highest BCUT2D eigenvalue weighted by atomic mass is 16.6. The van der Waals surface area contributed by atoms with E-state index < -0.39 is 47.8 Å². The maximum atomic E-state index is 12.9. The molecule has 0 bridgehead atoms. The molecule has 0 aromatic rings. The van der Waals surface area contributed by atoms with Crippen LogP contribution in [0.3, 0.4) is 0 Å². The highest BCUT2D eigenvalue weighted by molar-refractivity contribution is 6.02. The summed E-state index contributed by atoms with van der Waals surface area (Å²) in [6.07, 6.45) is -0.413. The van der Waals surface area contributed by atoms with Crippen molar-refractivity contribution in [3.8, 4) is 0 Å². The number of aliphatic imine (C=N–C) groups is 2. The SMILES string of the molecule is C=C(C)C(=O)OCCOCNC1(CC(=O)NC)N=C(N(COCCOC(=O)C(=C)C)CC(=O)NC)NC(N(COCCOC(=O)C(=C)C)CC(=O)NC)=N1. The molecule has 1 heterocycles. The van der Waals surface area contributed by atoms with Crippen LogP contribution in [0.5, 0.6) is 0 Å². The van der Waals surface area contributed by atoms with Gasteiger partial charge in [0, 0.05) is 37.9 Å². The van der Waals surface area contributed by atoms with Crippen molar-refractivity contribution >= 4 is 47.5 Å². The van der Waals surface area contributed by atoms with Gasteiger partial charge in [-0.25, -0.2) is 24.4 Å². The summed E-state index contributed by atoms with van der Waals surface area (Å²) in [5, 5.41) is 13.6. The van der Waals surface area contributed by atoms with Gasteiger partial charge in [-0.2, -0.15) is 0 Å². The van der Waals surface area contributed by atoms with Gasteiger partial charge in [0.1, 0.15) is 46.4 Å². The lowest BCUT2D eigenvalue weighted by molar-refractivity contribution is -0.141. The zero-order valence-corrected chi connectivity index (χ0v) is 31.8. The van der Waals surface area contributed by atoms with Crippen molar-refractivity contribution in [3.63, 3.8) is 0 Å². The predicted molar refractivity (Wildman–Crippen MR) is 194 cm³/mol. The number of carbonyl (C=O) groups is 6. The van der Waals surface area contributed by atoms with E-state index >= 15 is 0 Å². The van der Waals surface area contributed by atoms with E-state index in [1.807, 2.05) is 0 Å². The van der Waals surface area contributed by atoms with E-state index in [4.69, 9.17) is 38.4 Å². The van der Waals surface area contributed by atoms with E-state index in [1.54, 1.807) is 0 Å². The second-order valence-corrected chi connectivity index (χ2v) is 11.5. The monoisotopic (exact) mass is 767 g/mol. The van der Waals surface area contributed by atoms with Gasteiger partial charge in [-0.15, -0.1) is 0 Å².